The quantitative estimate of drug-likeness (QED) is 0.771. The summed E-state index contributed by atoms with van der Waals surface area (Å²) in [5, 5.41) is 0. The molecule has 0 aromatic heterocycles. The number of rotatable bonds is 1. The topological polar surface area (TPSA) is 20.3 Å². The summed E-state index contributed by atoms with van der Waals surface area (Å²) in [5.74, 6) is -0.682. The molecular weight excluding hydrogens is 284 g/mol. The zero-order chi connectivity index (χ0) is 15.7. The van der Waals surface area contributed by atoms with Gasteiger partial charge in [-0.25, -0.2) is 8.78 Å². The fraction of sp³-hybridized carbons (Fsp3) is 0.278. The predicted octanol–water partition coefficient (Wildman–Crippen LogP) is 4.24. The van der Waals surface area contributed by atoms with Crippen molar-refractivity contribution >= 4 is 11.6 Å². The number of carbonyl (C=O) groups is 1. The minimum atomic E-state index is -0.357. The largest absolute Gasteiger partial charge is 0.312 e. The molecule has 0 saturated heterocycles. The van der Waals surface area contributed by atoms with E-state index < -0.39 is 0 Å². The Kier molecular flexibility index (Phi) is 3.92. The lowest BCUT2D eigenvalue weighted by Gasteiger charge is -2.23. The van der Waals surface area contributed by atoms with Gasteiger partial charge < -0.3 is 4.90 Å². The first-order valence-corrected chi connectivity index (χ1v) is 7.39. The molecule has 114 valence electrons. The van der Waals surface area contributed by atoms with Crippen LogP contribution in [0.2, 0.25) is 0 Å². The van der Waals surface area contributed by atoms with Gasteiger partial charge in [-0.2, -0.15) is 0 Å². The molecule has 1 atom stereocenters. The lowest BCUT2D eigenvalue weighted by molar-refractivity contribution is -0.116. The SMILES string of the molecule is CC(=O)N1CCCC(c2ccc(F)cc2)c2ccc(F)cc21. The zero-order valence-electron chi connectivity index (χ0n) is 12.4. The average Bonchev–Trinajstić information content (AvgIpc) is 2.67. The molecule has 1 unspecified atom stereocenters. The number of benzene rings is 2. The summed E-state index contributed by atoms with van der Waals surface area (Å²) >= 11 is 0. The lowest BCUT2D eigenvalue weighted by atomic mass is 9.87. The molecule has 22 heavy (non-hydrogen) atoms. The molecule has 2 aromatic rings. The Morgan fingerprint density at radius 1 is 1.09 bits per heavy atom. The molecule has 0 spiro atoms. The molecule has 3 rings (SSSR count). The van der Waals surface area contributed by atoms with Gasteiger partial charge in [0.25, 0.3) is 0 Å². The fourth-order valence-corrected chi connectivity index (χ4v) is 3.14. The Bertz CT molecular complexity index is 697. The summed E-state index contributed by atoms with van der Waals surface area (Å²) in [7, 11) is 0. The minimum Gasteiger partial charge on any atom is -0.312 e. The van der Waals surface area contributed by atoms with Gasteiger partial charge in [0.2, 0.25) is 5.91 Å². The summed E-state index contributed by atoms with van der Waals surface area (Å²) in [5.41, 5.74) is 2.53. The standard InChI is InChI=1S/C18H17F2NO/c1-12(22)21-10-2-3-16(13-4-6-14(19)7-5-13)17-9-8-15(20)11-18(17)21/h4-9,11,16H,2-3,10H2,1H3. The van der Waals surface area contributed by atoms with Gasteiger partial charge in [0.05, 0.1) is 5.69 Å². The van der Waals surface area contributed by atoms with Crippen LogP contribution in [-0.2, 0) is 4.79 Å². The van der Waals surface area contributed by atoms with Crippen LogP contribution in [0.5, 0.6) is 0 Å². The summed E-state index contributed by atoms with van der Waals surface area (Å²) in [6, 6.07) is 11.0. The highest BCUT2D eigenvalue weighted by atomic mass is 19.1. The summed E-state index contributed by atoms with van der Waals surface area (Å²) in [4.78, 5) is 13.5. The van der Waals surface area contributed by atoms with Crippen molar-refractivity contribution in [2.75, 3.05) is 11.4 Å². The highest BCUT2D eigenvalue weighted by Crippen LogP contribution is 2.39. The third-order valence-electron chi connectivity index (χ3n) is 4.19. The summed E-state index contributed by atoms with van der Waals surface area (Å²) in [6.45, 7) is 2.07. The lowest BCUT2D eigenvalue weighted by Crippen LogP contribution is -2.29. The molecule has 0 aliphatic carbocycles. The summed E-state index contributed by atoms with van der Waals surface area (Å²) < 4.78 is 26.8. The number of fused-ring (bicyclic) bond motifs is 1. The van der Waals surface area contributed by atoms with E-state index in [1.807, 2.05) is 0 Å². The Morgan fingerprint density at radius 3 is 2.45 bits per heavy atom. The van der Waals surface area contributed by atoms with Gasteiger partial charge in [0, 0.05) is 19.4 Å². The van der Waals surface area contributed by atoms with Gasteiger partial charge in [0.15, 0.2) is 0 Å². The monoisotopic (exact) mass is 301 g/mol. The van der Waals surface area contributed by atoms with Crippen molar-refractivity contribution in [3.63, 3.8) is 0 Å². The van der Waals surface area contributed by atoms with E-state index in [1.165, 1.54) is 31.2 Å². The molecule has 0 radical (unpaired) electrons. The van der Waals surface area contributed by atoms with Crippen molar-refractivity contribution < 1.29 is 13.6 Å². The van der Waals surface area contributed by atoms with E-state index in [1.54, 1.807) is 23.1 Å². The van der Waals surface area contributed by atoms with Crippen molar-refractivity contribution in [1.82, 2.24) is 0 Å². The van der Waals surface area contributed by atoms with Crippen LogP contribution in [-0.4, -0.2) is 12.5 Å². The Hall–Kier alpha value is -2.23. The maximum absolute atomic E-state index is 13.7. The molecule has 2 nitrogen and oxygen atoms in total. The molecule has 1 aliphatic rings. The van der Waals surface area contributed by atoms with Crippen LogP contribution in [0, 0.1) is 11.6 Å². The molecule has 1 heterocycles. The third kappa shape index (κ3) is 2.73. The van der Waals surface area contributed by atoms with Crippen molar-refractivity contribution in [1.29, 1.82) is 0 Å². The minimum absolute atomic E-state index is 0.0422. The molecule has 1 aliphatic heterocycles. The first-order chi connectivity index (χ1) is 10.6. The molecule has 0 bridgehead atoms. The van der Waals surface area contributed by atoms with Gasteiger partial charge >= 0.3 is 0 Å². The Morgan fingerprint density at radius 2 is 1.77 bits per heavy atom. The first kappa shape index (κ1) is 14.7. The van der Waals surface area contributed by atoms with E-state index in [-0.39, 0.29) is 23.5 Å². The van der Waals surface area contributed by atoms with Crippen LogP contribution in [0.3, 0.4) is 0 Å². The molecule has 0 N–H and O–H groups in total. The number of carbonyl (C=O) groups excluding carboxylic acids is 1. The number of nitrogens with zero attached hydrogens (tertiary/aromatic N) is 1. The number of hydrogen-bond acceptors (Lipinski definition) is 1. The highest BCUT2D eigenvalue weighted by Gasteiger charge is 2.26. The van der Waals surface area contributed by atoms with Crippen LogP contribution in [0.15, 0.2) is 42.5 Å². The molecule has 0 saturated carbocycles. The predicted molar refractivity (Wildman–Crippen MR) is 81.9 cm³/mol. The molecular formula is C18H17F2NO. The van der Waals surface area contributed by atoms with Crippen LogP contribution in [0.4, 0.5) is 14.5 Å². The van der Waals surface area contributed by atoms with Crippen molar-refractivity contribution in [2.24, 2.45) is 0 Å². The Labute approximate surface area is 128 Å². The van der Waals surface area contributed by atoms with Crippen LogP contribution in [0.1, 0.15) is 36.8 Å². The number of amides is 1. The number of anilines is 1. The van der Waals surface area contributed by atoms with E-state index >= 15 is 0 Å². The molecule has 2 aromatic carbocycles. The number of hydrogen-bond donors (Lipinski definition) is 0. The van der Waals surface area contributed by atoms with Crippen molar-refractivity contribution in [3.8, 4) is 0 Å². The molecule has 1 amide bonds. The second-order valence-corrected chi connectivity index (χ2v) is 5.62. The van der Waals surface area contributed by atoms with E-state index in [2.05, 4.69) is 0 Å². The Balaban J connectivity index is 2.11. The van der Waals surface area contributed by atoms with E-state index in [0.717, 1.165) is 24.0 Å². The second-order valence-electron chi connectivity index (χ2n) is 5.62. The van der Waals surface area contributed by atoms with Crippen LogP contribution < -0.4 is 4.90 Å². The van der Waals surface area contributed by atoms with Crippen LogP contribution >= 0.6 is 0 Å². The smallest absolute Gasteiger partial charge is 0.223 e. The second kappa shape index (κ2) is 5.87. The van der Waals surface area contributed by atoms with Gasteiger partial charge in [0.1, 0.15) is 11.6 Å². The molecule has 4 heteroatoms. The van der Waals surface area contributed by atoms with Gasteiger partial charge in [-0.3, -0.25) is 4.79 Å². The normalized spacial score (nSPS) is 17.8. The molecule has 0 fully saturated rings. The van der Waals surface area contributed by atoms with E-state index in [0.29, 0.717) is 12.2 Å². The highest BCUT2D eigenvalue weighted by molar-refractivity contribution is 5.92. The third-order valence-corrected chi connectivity index (χ3v) is 4.19. The average molecular weight is 301 g/mol. The number of halogens is 2. The first-order valence-electron chi connectivity index (χ1n) is 7.39. The van der Waals surface area contributed by atoms with Gasteiger partial charge in [-0.15, -0.1) is 0 Å². The van der Waals surface area contributed by atoms with Crippen LogP contribution in [0.25, 0.3) is 0 Å². The van der Waals surface area contributed by atoms with Gasteiger partial charge in [-0.1, -0.05) is 18.2 Å². The fourth-order valence-electron chi connectivity index (χ4n) is 3.14. The van der Waals surface area contributed by atoms with Crippen molar-refractivity contribution in [3.05, 3.63) is 65.2 Å². The zero-order valence-corrected chi connectivity index (χ0v) is 12.4. The van der Waals surface area contributed by atoms with E-state index in [9.17, 15) is 13.6 Å². The maximum Gasteiger partial charge on any atom is 0.223 e. The van der Waals surface area contributed by atoms with E-state index in [4.69, 9.17) is 0 Å². The van der Waals surface area contributed by atoms with Gasteiger partial charge in [-0.05, 0) is 48.2 Å². The van der Waals surface area contributed by atoms with Crippen molar-refractivity contribution in [2.45, 2.75) is 25.7 Å². The maximum atomic E-state index is 13.7. The summed E-state index contributed by atoms with van der Waals surface area (Å²) in [6.07, 6.45) is 1.66.